The molecule has 2 heterocycles. The molecule has 0 N–H and O–H groups in total. The molecule has 1 aromatic heterocycles. The molecule has 1 aliphatic heterocycles. The van der Waals surface area contributed by atoms with Gasteiger partial charge in [-0.1, -0.05) is 5.16 Å². The highest BCUT2D eigenvalue weighted by Crippen LogP contribution is 2.30. The van der Waals surface area contributed by atoms with Gasteiger partial charge in [0.25, 0.3) is 0 Å². The Morgan fingerprint density at radius 1 is 1.14 bits per heavy atom. The summed E-state index contributed by atoms with van der Waals surface area (Å²) >= 11 is 0. The van der Waals surface area contributed by atoms with E-state index in [2.05, 4.69) is 10.1 Å². The fourth-order valence-electron chi connectivity index (χ4n) is 1.81. The molecule has 2 aromatic rings. The molecule has 0 unspecified atom stereocenters. The third-order valence-electron chi connectivity index (χ3n) is 2.82. The molecule has 0 atom stereocenters. The first-order valence-corrected chi connectivity index (χ1v) is 6.37. The van der Waals surface area contributed by atoms with Gasteiger partial charge in [-0.25, -0.2) is 4.79 Å². The first-order chi connectivity index (χ1) is 10.3. The number of carbonyl (C=O) groups excluding carboxylic acids is 1. The van der Waals surface area contributed by atoms with Gasteiger partial charge in [0.15, 0.2) is 11.5 Å². The van der Waals surface area contributed by atoms with Gasteiger partial charge in [-0.15, -0.1) is 0 Å². The first kappa shape index (κ1) is 13.1. The van der Waals surface area contributed by atoms with E-state index in [-0.39, 0.29) is 0 Å². The van der Waals surface area contributed by atoms with Crippen molar-refractivity contribution in [2.75, 3.05) is 13.2 Å². The maximum atomic E-state index is 11.9. The fourth-order valence-corrected chi connectivity index (χ4v) is 1.81. The number of carbonyl (C=O) groups is 1. The van der Waals surface area contributed by atoms with Crippen molar-refractivity contribution >= 4 is 12.2 Å². The molecule has 0 aliphatic carbocycles. The molecule has 0 spiro atoms. The summed E-state index contributed by atoms with van der Waals surface area (Å²) in [5.41, 5.74) is 1.14. The number of fused-ring (bicyclic) bond motifs is 1. The van der Waals surface area contributed by atoms with Gasteiger partial charge in [0.2, 0.25) is 0 Å². The lowest BCUT2D eigenvalue weighted by Crippen LogP contribution is -2.15. The van der Waals surface area contributed by atoms with Crippen LogP contribution in [0.3, 0.4) is 0 Å². The highest BCUT2D eigenvalue weighted by atomic mass is 16.7. The van der Waals surface area contributed by atoms with Crippen LogP contribution in [0.2, 0.25) is 0 Å². The molecule has 0 amide bonds. The Bertz CT molecular complexity index is 671. The lowest BCUT2D eigenvalue weighted by molar-refractivity contribution is 0.0518. The van der Waals surface area contributed by atoms with Crippen molar-refractivity contribution in [3.05, 3.63) is 53.9 Å². The summed E-state index contributed by atoms with van der Waals surface area (Å²) < 4.78 is 10.8. The van der Waals surface area contributed by atoms with Crippen LogP contribution in [-0.4, -0.2) is 30.4 Å². The zero-order valence-corrected chi connectivity index (χ0v) is 11.1. The van der Waals surface area contributed by atoms with Crippen molar-refractivity contribution in [2.24, 2.45) is 5.16 Å². The lowest BCUT2D eigenvalue weighted by atomic mass is 10.2. The lowest BCUT2D eigenvalue weighted by Gasteiger charge is -2.18. The van der Waals surface area contributed by atoms with Crippen LogP contribution in [0, 0.1) is 0 Å². The molecule has 0 saturated carbocycles. The smallest absolute Gasteiger partial charge is 0.365 e. The number of benzene rings is 1. The Morgan fingerprint density at radius 3 is 2.71 bits per heavy atom. The molecule has 6 nitrogen and oxygen atoms in total. The van der Waals surface area contributed by atoms with E-state index in [4.69, 9.17) is 14.3 Å². The van der Waals surface area contributed by atoms with E-state index in [0.717, 1.165) is 5.56 Å². The van der Waals surface area contributed by atoms with E-state index in [1.54, 1.807) is 42.7 Å². The topological polar surface area (TPSA) is 70.0 Å². The van der Waals surface area contributed by atoms with Gasteiger partial charge in [0, 0.05) is 12.4 Å². The van der Waals surface area contributed by atoms with Crippen LogP contribution >= 0.6 is 0 Å². The molecule has 3 rings (SSSR count). The average molecular weight is 284 g/mol. The van der Waals surface area contributed by atoms with Crippen LogP contribution in [-0.2, 0) is 4.84 Å². The Kier molecular flexibility index (Phi) is 3.77. The van der Waals surface area contributed by atoms with Crippen molar-refractivity contribution in [3.8, 4) is 11.5 Å². The zero-order chi connectivity index (χ0) is 14.5. The summed E-state index contributed by atoms with van der Waals surface area (Å²) in [5, 5.41) is 3.66. The molecule has 0 radical (unpaired) electrons. The number of nitrogens with zero attached hydrogens (tertiary/aromatic N) is 2. The molecule has 1 aliphatic rings. The number of oxime groups is 1. The quantitative estimate of drug-likeness (QED) is 0.490. The molecule has 0 saturated heterocycles. The number of aromatic nitrogens is 1. The summed E-state index contributed by atoms with van der Waals surface area (Å²) in [4.78, 5) is 20.6. The second kappa shape index (κ2) is 6.04. The third-order valence-corrected chi connectivity index (χ3v) is 2.82. The molecule has 0 fully saturated rings. The van der Waals surface area contributed by atoms with Crippen LogP contribution in [0.5, 0.6) is 11.5 Å². The van der Waals surface area contributed by atoms with Crippen molar-refractivity contribution in [1.29, 1.82) is 0 Å². The monoisotopic (exact) mass is 284 g/mol. The summed E-state index contributed by atoms with van der Waals surface area (Å²) in [5.74, 6) is 0.601. The predicted molar refractivity (Wildman–Crippen MR) is 74.7 cm³/mol. The molecule has 21 heavy (non-hydrogen) atoms. The Labute approximate surface area is 121 Å². The molecule has 1 aromatic carbocycles. The van der Waals surface area contributed by atoms with E-state index in [0.29, 0.717) is 30.3 Å². The first-order valence-electron chi connectivity index (χ1n) is 6.37. The van der Waals surface area contributed by atoms with Crippen molar-refractivity contribution in [2.45, 2.75) is 0 Å². The van der Waals surface area contributed by atoms with Crippen molar-refractivity contribution in [1.82, 2.24) is 4.98 Å². The number of hydrogen-bond donors (Lipinski definition) is 0. The van der Waals surface area contributed by atoms with Crippen LogP contribution in [0.25, 0.3) is 0 Å². The van der Waals surface area contributed by atoms with Crippen molar-refractivity contribution < 1.29 is 19.1 Å². The van der Waals surface area contributed by atoms with Crippen LogP contribution in [0.4, 0.5) is 0 Å². The standard InChI is InChI=1S/C15H12N2O4/c18-15(21-17-10-11-3-5-16-6-4-11)12-1-2-13-14(9-12)20-8-7-19-13/h1-6,9-10H,7-8H2/b17-10+. The van der Waals surface area contributed by atoms with Gasteiger partial charge in [-0.05, 0) is 35.9 Å². The van der Waals surface area contributed by atoms with Crippen LogP contribution in [0.1, 0.15) is 15.9 Å². The Hall–Kier alpha value is -2.89. The highest BCUT2D eigenvalue weighted by molar-refractivity contribution is 5.90. The average Bonchev–Trinajstić information content (AvgIpc) is 2.55. The Morgan fingerprint density at radius 2 is 1.90 bits per heavy atom. The molecule has 6 heteroatoms. The van der Waals surface area contributed by atoms with Crippen LogP contribution in [0.15, 0.2) is 47.9 Å². The number of pyridine rings is 1. The normalized spacial score (nSPS) is 13.1. The van der Waals surface area contributed by atoms with E-state index < -0.39 is 5.97 Å². The summed E-state index contributed by atoms with van der Waals surface area (Å²) in [6, 6.07) is 8.37. The second-order valence-corrected chi connectivity index (χ2v) is 4.25. The van der Waals surface area contributed by atoms with Crippen LogP contribution < -0.4 is 9.47 Å². The predicted octanol–water partition coefficient (Wildman–Crippen LogP) is 2.04. The molecular weight excluding hydrogens is 272 g/mol. The molecule has 0 bridgehead atoms. The SMILES string of the molecule is O=C(O/N=C/c1ccncc1)c1ccc2c(c1)OCCO2. The van der Waals surface area contributed by atoms with E-state index >= 15 is 0 Å². The minimum Gasteiger partial charge on any atom is -0.486 e. The highest BCUT2D eigenvalue weighted by Gasteiger charge is 2.15. The molecular formula is C15H12N2O4. The number of ether oxygens (including phenoxy) is 2. The minimum absolute atomic E-state index is 0.353. The maximum absolute atomic E-state index is 11.9. The van der Waals surface area contributed by atoms with Gasteiger partial charge >= 0.3 is 5.97 Å². The largest absolute Gasteiger partial charge is 0.486 e. The summed E-state index contributed by atoms with van der Waals surface area (Å²) in [6.07, 6.45) is 4.70. The third kappa shape index (κ3) is 3.17. The second-order valence-electron chi connectivity index (χ2n) is 4.25. The van der Waals surface area contributed by atoms with E-state index in [1.807, 2.05) is 0 Å². The van der Waals surface area contributed by atoms with Gasteiger partial charge in [0.05, 0.1) is 11.8 Å². The van der Waals surface area contributed by atoms with Gasteiger partial charge in [-0.2, -0.15) is 0 Å². The Balaban J connectivity index is 1.67. The van der Waals surface area contributed by atoms with E-state index in [9.17, 15) is 4.79 Å². The number of rotatable bonds is 3. The minimum atomic E-state index is -0.558. The number of hydrogen-bond acceptors (Lipinski definition) is 6. The summed E-state index contributed by atoms with van der Waals surface area (Å²) in [7, 11) is 0. The molecule has 106 valence electrons. The van der Waals surface area contributed by atoms with Gasteiger partial charge < -0.3 is 14.3 Å². The summed E-state index contributed by atoms with van der Waals surface area (Å²) in [6.45, 7) is 0.971. The van der Waals surface area contributed by atoms with Gasteiger partial charge in [0.1, 0.15) is 13.2 Å². The fraction of sp³-hybridized carbons (Fsp3) is 0.133. The van der Waals surface area contributed by atoms with E-state index in [1.165, 1.54) is 6.21 Å². The van der Waals surface area contributed by atoms with Gasteiger partial charge in [-0.3, -0.25) is 4.98 Å². The zero-order valence-electron chi connectivity index (χ0n) is 11.1. The van der Waals surface area contributed by atoms with Crippen molar-refractivity contribution in [3.63, 3.8) is 0 Å². The maximum Gasteiger partial charge on any atom is 0.365 e.